The first-order valence-corrected chi connectivity index (χ1v) is 5.15. The highest BCUT2D eigenvalue weighted by molar-refractivity contribution is 8.02. The summed E-state index contributed by atoms with van der Waals surface area (Å²) in [5.41, 5.74) is 0. The van der Waals surface area contributed by atoms with E-state index in [1.165, 1.54) is 0 Å². The second kappa shape index (κ2) is 5.14. The van der Waals surface area contributed by atoms with Crippen molar-refractivity contribution < 1.29 is 9.53 Å². The highest BCUT2D eigenvalue weighted by Crippen LogP contribution is 2.14. The molecule has 1 unspecified atom stereocenters. The van der Waals surface area contributed by atoms with Crippen LogP contribution >= 0.6 is 11.8 Å². The lowest BCUT2D eigenvalue weighted by atomic mass is 10.4. The highest BCUT2D eigenvalue weighted by atomic mass is 32.2. The molecule has 0 saturated heterocycles. The number of ether oxygens (including phenoxy) is 1. The van der Waals surface area contributed by atoms with Crippen LogP contribution in [0.5, 0.6) is 0 Å². The van der Waals surface area contributed by atoms with E-state index >= 15 is 0 Å². The van der Waals surface area contributed by atoms with E-state index in [9.17, 15) is 4.79 Å². The van der Waals surface area contributed by atoms with Gasteiger partial charge >= 0.3 is 5.97 Å². The van der Waals surface area contributed by atoms with Gasteiger partial charge in [-0.25, -0.2) is 0 Å². The van der Waals surface area contributed by atoms with Crippen LogP contribution in [0.2, 0.25) is 0 Å². The molecule has 4 nitrogen and oxygen atoms in total. The Labute approximate surface area is 82.3 Å². The maximum absolute atomic E-state index is 11.2. The summed E-state index contributed by atoms with van der Waals surface area (Å²) in [4.78, 5) is 13.1. The molecule has 74 valence electrons. The molecule has 1 heterocycles. The first-order valence-electron chi connectivity index (χ1n) is 4.10. The number of carbonyl (C=O) groups excluding carboxylic acids is 1. The summed E-state index contributed by atoms with van der Waals surface area (Å²) < 4.78 is 5.04. The molecule has 0 aromatic heterocycles. The summed E-state index contributed by atoms with van der Waals surface area (Å²) in [6.07, 6.45) is 1.92. The van der Waals surface area contributed by atoms with Crippen molar-refractivity contribution in [2.75, 3.05) is 19.7 Å². The summed E-state index contributed by atoms with van der Waals surface area (Å²) in [6.45, 7) is 2.12. The lowest BCUT2D eigenvalue weighted by molar-refractivity contribution is -0.148. The second-order valence-corrected chi connectivity index (χ2v) is 3.64. The Hall–Kier alpha value is -0.680. The lowest BCUT2D eigenvalue weighted by Gasteiger charge is -2.16. The average molecular weight is 202 g/mol. The van der Waals surface area contributed by atoms with E-state index in [2.05, 4.69) is 5.32 Å². The summed E-state index contributed by atoms with van der Waals surface area (Å²) in [5.74, 6) is 0.647. The van der Waals surface area contributed by atoms with Crippen LogP contribution in [-0.2, 0) is 9.53 Å². The molecular formula is C8H14N2O2S. The van der Waals surface area contributed by atoms with Crippen molar-refractivity contribution in [3.8, 4) is 0 Å². The van der Waals surface area contributed by atoms with Crippen molar-refractivity contribution in [3.63, 3.8) is 0 Å². The van der Waals surface area contributed by atoms with Crippen LogP contribution in [0.1, 0.15) is 6.92 Å². The maximum atomic E-state index is 11.2. The Morgan fingerprint density at radius 2 is 2.62 bits per heavy atom. The van der Waals surface area contributed by atoms with E-state index in [-0.39, 0.29) is 12.0 Å². The number of carbonyl (C=O) groups is 1. The van der Waals surface area contributed by atoms with E-state index in [4.69, 9.17) is 4.74 Å². The molecule has 0 aromatic carbocycles. The van der Waals surface area contributed by atoms with Gasteiger partial charge in [0.25, 0.3) is 0 Å². The fourth-order valence-corrected chi connectivity index (χ4v) is 1.48. The number of nitrogens with one attached hydrogen (secondary N) is 1. The first kappa shape index (κ1) is 10.4. The van der Waals surface area contributed by atoms with Gasteiger partial charge in [0, 0.05) is 6.20 Å². The van der Waals surface area contributed by atoms with Crippen molar-refractivity contribution in [2.45, 2.75) is 13.0 Å². The number of likely N-dealkylation sites (N-methyl/N-ethyl adjacent to an activating group) is 1. The fraction of sp³-hybridized carbons (Fsp3) is 0.625. The van der Waals surface area contributed by atoms with Crippen LogP contribution in [0.3, 0.4) is 0 Å². The molecule has 0 aliphatic carbocycles. The quantitative estimate of drug-likeness (QED) is 0.675. The Morgan fingerprint density at radius 3 is 3.15 bits per heavy atom. The van der Waals surface area contributed by atoms with Gasteiger partial charge in [-0.2, -0.15) is 0 Å². The van der Waals surface area contributed by atoms with E-state index in [1.54, 1.807) is 25.7 Å². The second-order valence-electron chi connectivity index (χ2n) is 2.77. The van der Waals surface area contributed by atoms with Gasteiger partial charge in [-0.3, -0.25) is 4.79 Å². The van der Waals surface area contributed by atoms with Crippen molar-refractivity contribution in [1.29, 1.82) is 0 Å². The molecule has 0 saturated carbocycles. The van der Waals surface area contributed by atoms with Crippen molar-refractivity contribution in [2.24, 2.45) is 0 Å². The minimum absolute atomic E-state index is 0.215. The van der Waals surface area contributed by atoms with E-state index in [0.717, 1.165) is 5.88 Å². The zero-order valence-electron chi connectivity index (χ0n) is 7.82. The standard InChI is InChI=1S/C8H14N2O2S/c1-7(9-2)8(11)12-5-10-3-4-13-6-10/h3-4,7,9H,5-6H2,1-2H3. The molecule has 5 heteroatoms. The molecule has 0 spiro atoms. The normalized spacial score (nSPS) is 17.5. The third-order valence-electron chi connectivity index (χ3n) is 1.77. The van der Waals surface area contributed by atoms with Gasteiger partial charge in [-0.05, 0) is 19.4 Å². The number of rotatable bonds is 4. The molecule has 1 aliphatic heterocycles. The molecular weight excluding hydrogens is 188 g/mol. The smallest absolute Gasteiger partial charge is 0.324 e. The monoisotopic (exact) mass is 202 g/mol. The van der Waals surface area contributed by atoms with Crippen LogP contribution in [0.15, 0.2) is 11.6 Å². The molecule has 0 fully saturated rings. The number of nitrogens with zero attached hydrogens (tertiary/aromatic N) is 1. The van der Waals surface area contributed by atoms with E-state index < -0.39 is 0 Å². The Morgan fingerprint density at radius 1 is 1.85 bits per heavy atom. The number of esters is 1. The molecule has 0 bridgehead atoms. The topological polar surface area (TPSA) is 41.6 Å². The number of hydrogen-bond donors (Lipinski definition) is 1. The van der Waals surface area contributed by atoms with Crippen molar-refractivity contribution in [1.82, 2.24) is 10.2 Å². The van der Waals surface area contributed by atoms with Crippen LogP contribution < -0.4 is 5.32 Å². The molecule has 1 rings (SSSR count). The van der Waals surface area contributed by atoms with Crippen LogP contribution in [0.4, 0.5) is 0 Å². The Balaban J connectivity index is 2.18. The van der Waals surface area contributed by atoms with E-state index in [0.29, 0.717) is 6.73 Å². The van der Waals surface area contributed by atoms with Crippen molar-refractivity contribution >= 4 is 17.7 Å². The van der Waals surface area contributed by atoms with Gasteiger partial charge in [0.15, 0.2) is 6.73 Å². The minimum atomic E-state index is -0.237. The van der Waals surface area contributed by atoms with Gasteiger partial charge in [-0.15, -0.1) is 11.8 Å². The molecule has 1 aliphatic rings. The van der Waals surface area contributed by atoms with Crippen LogP contribution in [-0.4, -0.2) is 36.6 Å². The van der Waals surface area contributed by atoms with Crippen LogP contribution in [0, 0.1) is 0 Å². The third-order valence-corrected chi connectivity index (χ3v) is 2.56. The molecule has 0 amide bonds. The van der Waals surface area contributed by atoms with Gasteiger partial charge < -0.3 is 15.0 Å². The lowest BCUT2D eigenvalue weighted by Crippen LogP contribution is -2.34. The minimum Gasteiger partial charge on any atom is -0.443 e. The Bertz CT molecular complexity index is 208. The SMILES string of the molecule is CNC(C)C(=O)OCN1C=CSC1. The molecule has 13 heavy (non-hydrogen) atoms. The Kier molecular flexibility index (Phi) is 4.11. The number of hydrogen-bond acceptors (Lipinski definition) is 5. The number of thioether (sulfide) groups is 1. The van der Waals surface area contributed by atoms with Gasteiger partial charge in [-0.1, -0.05) is 0 Å². The summed E-state index contributed by atoms with van der Waals surface area (Å²) in [6, 6.07) is -0.237. The molecule has 1 atom stereocenters. The maximum Gasteiger partial charge on any atom is 0.324 e. The largest absolute Gasteiger partial charge is 0.443 e. The molecule has 0 aromatic rings. The predicted octanol–water partition coefficient (Wildman–Crippen LogP) is 0.572. The predicted molar refractivity (Wildman–Crippen MR) is 52.9 cm³/mol. The average Bonchev–Trinajstić information content (AvgIpc) is 2.65. The highest BCUT2D eigenvalue weighted by Gasteiger charge is 2.13. The van der Waals surface area contributed by atoms with Gasteiger partial charge in [0.05, 0.1) is 5.88 Å². The molecule has 0 radical (unpaired) electrons. The van der Waals surface area contributed by atoms with E-state index in [1.807, 2.05) is 16.5 Å². The summed E-state index contributed by atoms with van der Waals surface area (Å²) in [7, 11) is 1.73. The zero-order valence-corrected chi connectivity index (χ0v) is 8.63. The first-order chi connectivity index (χ1) is 6.24. The van der Waals surface area contributed by atoms with Crippen molar-refractivity contribution in [3.05, 3.63) is 11.6 Å². The van der Waals surface area contributed by atoms with Crippen LogP contribution in [0.25, 0.3) is 0 Å². The van der Waals surface area contributed by atoms with Gasteiger partial charge in [0.1, 0.15) is 6.04 Å². The summed E-state index contributed by atoms with van der Waals surface area (Å²) in [5, 5.41) is 4.81. The van der Waals surface area contributed by atoms with Gasteiger partial charge in [0.2, 0.25) is 0 Å². The molecule has 1 N–H and O–H groups in total. The third kappa shape index (κ3) is 3.28. The fourth-order valence-electron chi connectivity index (χ4n) is 0.781. The zero-order chi connectivity index (χ0) is 9.68. The summed E-state index contributed by atoms with van der Waals surface area (Å²) >= 11 is 1.69.